The van der Waals surface area contributed by atoms with Crippen LogP contribution in [0.15, 0.2) is 32.6 Å². The third-order valence-electron chi connectivity index (χ3n) is 3.03. The summed E-state index contributed by atoms with van der Waals surface area (Å²) in [4.78, 5) is 48.8. The molecule has 0 saturated heterocycles. The summed E-state index contributed by atoms with van der Waals surface area (Å²) in [7, 11) is 0. The molecule has 0 fully saturated rings. The lowest BCUT2D eigenvalue weighted by Crippen LogP contribution is -2.48. The summed E-state index contributed by atoms with van der Waals surface area (Å²) in [6, 6.07) is 0.144. The van der Waals surface area contributed by atoms with Gasteiger partial charge in [0.25, 0.3) is 11.5 Å². The van der Waals surface area contributed by atoms with E-state index in [2.05, 4.69) is 25.3 Å². The van der Waals surface area contributed by atoms with E-state index < -0.39 is 42.3 Å². The first kappa shape index (κ1) is 17.1. The Labute approximate surface area is 134 Å². The highest BCUT2D eigenvalue weighted by Crippen LogP contribution is 2.01. The number of H-pyrrole nitrogens is 1. The van der Waals surface area contributed by atoms with Crippen LogP contribution in [-0.2, 0) is 16.1 Å². The summed E-state index contributed by atoms with van der Waals surface area (Å²) < 4.78 is 5.52. The van der Waals surface area contributed by atoms with Gasteiger partial charge in [-0.15, -0.1) is 0 Å². The zero-order valence-electron chi connectivity index (χ0n) is 12.6. The number of aliphatic hydroxyl groups is 1. The van der Waals surface area contributed by atoms with Crippen molar-refractivity contribution in [1.29, 1.82) is 0 Å². The molecule has 2 aromatic heterocycles. The smallest absolute Gasteiger partial charge is 0.328 e. The van der Waals surface area contributed by atoms with Gasteiger partial charge in [-0.3, -0.25) is 23.9 Å². The lowest BCUT2D eigenvalue weighted by molar-refractivity contribution is -0.127. The molecule has 2 aromatic rings. The minimum atomic E-state index is -1.24. The largest absolute Gasteiger partial charge is 0.394 e. The molecule has 0 saturated carbocycles. The zero-order chi connectivity index (χ0) is 17.7. The third kappa shape index (κ3) is 4.16. The highest BCUT2D eigenvalue weighted by Gasteiger charge is 2.21. The summed E-state index contributed by atoms with van der Waals surface area (Å²) in [5.74, 6) is -1.28. The Hall–Kier alpha value is -3.21. The van der Waals surface area contributed by atoms with Crippen molar-refractivity contribution in [2.24, 2.45) is 0 Å². The van der Waals surface area contributed by atoms with E-state index in [4.69, 9.17) is 0 Å². The summed E-state index contributed by atoms with van der Waals surface area (Å²) >= 11 is 0. The topological polar surface area (TPSA) is 159 Å². The van der Waals surface area contributed by atoms with Gasteiger partial charge in [0.15, 0.2) is 5.82 Å². The molecule has 0 aliphatic carbocycles. The highest BCUT2D eigenvalue weighted by molar-refractivity contribution is 5.96. The van der Waals surface area contributed by atoms with E-state index in [0.717, 1.165) is 4.57 Å². The molecule has 1 atom stereocenters. The van der Waals surface area contributed by atoms with Gasteiger partial charge >= 0.3 is 5.69 Å². The molecule has 2 rings (SSSR count). The Bertz CT molecular complexity index is 837. The number of aromatic amines is 1. The number of anilines is 1. The molecule has 0 aliphatic heterocycles. The van der Waals surface area contributed by atoms with E-state index in [1.165, 1.54) is 25.5 Å². The molecule has 24 heavy (non-hydrogen) atoms. The second kappa shape index (κ2) is 7.37. The van der Waals surface area contributed by atoms with Crippen LogP contribution in [-0.4, -0.2) is 44.3 Å². The first-order valence-corrected chi connectivity index (χ1v) is 6.82. The monoisotopic (exact) mass is 337 g/mol. The van der Waals surface area contributed by atoms with Crippen molar-refractivity contribution in [3.63, 3.8) is 0 Å². The number of nitrogens with one attached hydrogen (secondary N) is 3. The van der Waals surface area contributed by atoms with Gasteiger partial charge in [0.05, 0.1) is 6.61 Å². The van der Waals surface area contributed by atoms with Crippen molar-refractivity contribution in [1.82, 2.24) is 20.0 Å². The quantitative estimate of drug-likeness (QED) is 0.472. The Kier molecular flexibility index (Phi) is 5.27. The second-order valence-corrected chi connectivity index (χ2v) is 4.88. The van der Waals surface area contributed by atoms with Crippen LogP contribution in [0, 0.1) is 6.92 Å². The number of aryl methyl sites for hydroxylation is 1. The van der Waals surface area contributed by atoms with Gasteiger partial charge in [-0.1, -0.05) is 5.16 Å². The van der Waals surface area contributed by atoms with Gasteiger partial charge in [0.1, 0.15) is 18.8 Å². The highest BCUT2D eigenvalue weighted by atomic mass is 16.5. The number of nitrogens with zero attached hydrogens (tertiary/aromatic N) is 2. The van der Waals surface area contributed by atoms with Crippen molar-refractivity contribution in [2.45, 2.75) is 19.5 Å². The minimum Gasteiger partial charge on any atom is -0.394 e. The van der Waals surface area contributed by atoms with Gasteiger partial charge in [0, 0.05) is 17.8 Å². The molecule has 4 N–H and O–H groups in total. The Balaban J connectivity index is 2.02. The average Bonchev–Trinajstić information content (AvgIpc) is 3.03. The Morgan fingerprint density at radius 3 is 2.83 bits per heavy atom. The molecule has 0 unspecified atom stereocenters. The van der Waals surface area contributed by atoms with Crippen LogP contribution in [0.25, 0.3) is 0 Å². The van der Waals surface area contributed by atoms with Gasteiger partial charge in [-0.25, -0.2) is 4.79 Å². The van der Waals surface area contributed by atoms with Crippen LogP contribution < -0.4 is 21.9 Å². The van der Waals surface area contributed by atoms with Crippen LogP contribution in [0.5, 0.6) is 0 Å². The number of carbonyl (C=O) groups excluding carboxylic acids is 2. The number of hydrogen-bond acceptors (Lipinski definition) is 7. The summed E-state index contributed by atoms with van der Waals surface area (Å²) in [5, 5.41) is 17.3. The van der Waals surface area contributed by atoms with Crippen molar-refractivity contribution >= 4 is 17.6 Å². The lowest BCUT2D eigenvalue weighted by atomic mass is 10.3. The first-order valence-electron chi connectivity index (χ1n) is 6.82. The molecule has 0 aliphatic rings. The number of rotatable bonds is 6. The predicted octanol–water partition coefficient (Wildman–Crippen LogP) is -2.05. The fourth-order valence-electron chi connectivity index (χ4n) is 1.82. The maximum atomic E-state index is 11.9. The second-order valence-electron chi connectivity index (χ2n) is 4.88. The van der Waals surface area contributed by atoms with Crippen LogP contribution in [0.2, 0.25) is 0 Å². The summed E-state index contributed by atoms with van der Waals surface area (Å²) in [5.41, 5.74) is -1.05. The van der Waals surface area contributed by atoms with Crippen LogP contribution in [0.1, 0.15) is 5.56 Å². The molecule has 0 bridgehead atoms. The van der Waals surface area contributed by atoms with Crippen molar-refractivity contribution < 1.29 is 19.2 Å². The number of amides is 2. The van der Waals surface area contributed by atoms with E-state index >= 15 is 0 Å². The minimum absolute atomic E-state index is 0.125. The van der Waals surface area contributed by atoms with Gasteiger partial charge in [-0.05, 0) is 6.92 Å². The molecule has 2 amide bonds. The first-order chi connectivity index (χ1) is 11.4. The van der Waals surface area contributed by atoms with Gasteiger partial charge < -0.3 is 20.3 Å². The molecule has 128 valence electrons. The summed E-state index contributed by atoms with van der Waals surface area (Å²) in [6.45, 7) is 0.397. The number of carbonyl (C=O) groups is 2. The number of aromatic nitrogens is 3. The number of hydrogen-bond donors (Lipinski definition) is 4. The molecular formula is C13H15N5O6. The van der Waals surface area contributed by atoms with E-state index in [9.17, 15) is 24.3 Å². The van der Waals surface area contributed by atoms with Gasteiger partial charge in [0.2, 0.25) is 5.91 Å². The Morgan fingerprint density at radius 1 is 1.46 bits per heavy atom. The molecule has 11 nitrogen and oxygen atoms in total. The number of aliphatic hydroxyl groups excluding tert-OH is 1. The Morgan fingerprint density at radius 2 is 2.21 bits per heavy atom. The third-order valence-corrected chi connectivity index (χ3v) is 3.03. The lowest BCUT2D eigenvalue weighted by Gasteiger charge is -2.15. The van der Waals surface area contributed by atoms with E-state index in [1.54, 1.807) is 0 Å². The van der Waals surface area contributed by atoms with Crippen molar-refractivity contribution in [3.8, 4) is 0 Å². The fraction of sp³-hybridized carbons (Fsp3) is 0.308. The van der Waals surface area contributed by atoms with Crippen LogP contribution in [0.3, 0.4) is 0 Å². The molecule has 2 heterocycles. The van der Waals surface area contributed by atoms with E-state index in [0.29, 0.717) is 0 Å². The summed E-state index contributed by atoms with van der Waals surface area (Å²) in [6.07, 6.45) is 2.47. The normalized spacial score (nSPS) is 11.8. The molecule has 0 spiro atoms. The maximum Gasteiger partial charge on any atom is 0.328 e. The molecular weight excluding hydrogens is 322 g/mol. The molecule has 11 heteroatoms. The standard InChI is InChI=1S/C13H15N5O6/c1-7-4-18(13(23)16-11(7)21)5-10(20)14-8(6-19)12(22)15-9-2-3-24-17-9/h2-4,8,19H,5-6H2,1H3,(H,14,20)(H,15,17,22)(H,16,21,23)/t8-/m0/s1. The van der Waals surface area contributed by atoms with Crippen LogP contribution >= 0.6 is 0 Å². The van der Waals surface area contributed by atoms with Crippen LogP contribution in [0.4, 0.5) is 5.82 Å². The molecule has 0 aromatic carbocycles. The molecule has 0 radical (unpaired) electrons. The van der Waals surface area contributed by atoms with Crippen molar-refractivity contribution in [3.05, 3.63) is 44.9 Å². The van der Waals surface area contributed by atoms with E-state index in [-0.39, 0.29) is 11.4 Å². The predicted molar refractivity (Wildman–Crippen MR) is 80.2 cm³/mol. The zero-order valence-corrected chi connectivity index (χ0v) is 12.6. The fourth-order valence-corrected chi connectivity index (χ4v) is 1.82. The SMILES string of the molecule is Cc1cn(CC(=O)N[C@@H](CO)C(=O)Nc2ccon2)c(=O)[nH]c1=O. The van der Waals surface area contributed by atoms with Crippen molar-refractivity contribution in [2.75, 3.05) is 11.9 Å². The average molecular weight is 337 g/mol. The maximum absolute atomic E-state index is 11.9. The van der Waals surface area contributed by atoms with Gasteiger partial charge in [-0.2, -0.15) is 0 Å². The van der Waals surface area contributed by atoms with E-state index in [1.807, 2.05) is 0 Å².